The van der Waals surface area contributed by atoms with Crippen LogP contribution in [-0.2, 0) is 9.59 Å². The molecule has 0 saturated carbocycles. The van der Waals surface area contributed by atoms with E-state index in [0.717, 1.165) is 11.0 Å². The molecule has 1 heterocycles. The van der Waals surface area contributed by atoms with Gasteiger partial charge in [0.1, 0.15) is 23.4 Å². The number of ether oxygens (including phenoxy) is 1. The number of rotatable bonds is 10. The highest BCUT2D eigenvalue weighted by molar-refractivity contribution is 6.32. The molecular weight excluding hydrogens is 453 g/mol. The lowest BCUT2D eigenvalue weighted by atomic mass is 10.1. The van der Waals surface area contributed by atoms with Gasteiger partial charge in [-0.15, -0.1) is 0 Å². The number of amides is 2. The lowest BCUT2D eigenvalue weighted by Gasteiger charge is -2.26. The first-order valence-electron chi connectivity index (χ1n) is 9.50. The normalized spacial score (nSPS) is 15.8. The zero-order valence-corrected chi connectivity index (χ0v) is 17.6. The summed E-state index contributed by atoms with van der Waals surface area (Å²) in [4.78, 5) is 29.0. The quantitative estimate of drug-likeness (QED) is 0.272. The van der Waals surface area contributed by atoms with Crippen molar-refractivity contribution in [1.82, 2.24) is 10.2 Å². The number of halogens is 4. The van der Waals surface area contributed by atoms with E-state index in [0.29, 0.717) is 13.0 Å². The van der Waals surface area contributed by atoms with Crippen LogP contribution in [0.3, 0.4) is 0 Å². The lowest BCUT2D eigenvalue weighted by Crippen LogP contribution is -2.45. The molecule has 0 spiro atoms. The molecule has 0 bridgehead atoms. The van der Waals surface area contributed by atoms with Crippen molar-refractivity contribution in [3.8, 4) is 5.75 Å². The van der Waals surface area contributed by atoms with Crippen molar-refractivity contribution in [2.24, 2.45) is 10.7 Å². The van der Waals surface area contributed by atoms with Crippen molar-refractivity contribution >= 4 is 29.3 Å². The van der Waals surface area contributed by atoms with Gasteiger partial charge >= 0.3 is 6.18 Å². The second-order valence-corrected chi connectivity index (χ2v) is 7.09. The molecule has 1 aromatic rings. The molecule has 8 nitrogen and oxygen atoms in total. The van der Waals surface area contributed by atoms with Crippen LogP contribution in [0.15, 0.2) is 53.4 Å². The Morgan fingerprint density at radius 1 is 1.41 bits per heavy atom. The second-order valence-electron chi connectivity index (χ2n) is 6.68. The monoisotopic (exact) mass is 474 g/mol. The molecule has 174 valence electrons. The number of para-hydroxylation sites is 1. The van der Waals surface area contributed by atoms with Gasteiger partial charge in [-0.05, 0) is 24.6 Å². The first-order chi connectivity index (χ1) is 15.1. The van der Waals surface area contributed by atoms with Gasteiger partial charge in [-0.1, -0.05) is 23.7 Å². The molecule has 1 atom stereocenters. The van der Waals surface area contributed by atoms with E-state index in [9.17, 15) is 22.8 Å². The molecule has 0 aromatic heterocycles. The molecule has 1 unspecified atom stereocenters. The van der Waals surface area contributed by atoms with Crippen LogP contribution in [-0.4, -0.2) is 59.6 Å². The van der Waals surface area contributed by atoms with Gasteiger partial charge in [0.25, 0.3) is 11.8 Å². The van der Waals surface area contributed by atoms with Crippen molar-refractivity contribution in [2.45, 2.75) is 25.1 Å². The number of benzene rings is 1. The fraction of sp³-hybridized carbons (Fsp3) is 0.350. The Morgan fingerprint density at radius 3 is 2.78 bits per heavy atom. The number of alkyl halides is 3. The number of amidine groups is 1. The predicted octanol–water partition coefficient (Wildman–Crippen LogP) is 2.14. The Bertz CT molecular complexity index is 918. The van der Waals surface area contributed by atoms with Crippen LogP contribution >= 0.6 is 11.6 Å². The molecule has 1 aromatic carbocycles. The summed E-state index contributed by atoms with van der Waals surface area (Å²) >= 11 is 5.99. The van der Waals surface area contributed by atoms with E-state index in [2.05, 4.69) is 10.3 Å². The van der Waals surface area contributed by atoms with Crippen molar-refractivity contribution in [2.75, 3.05) is 19.7 Å². The van der Waals surface area contributed by atoms with E-state index in [-0.39, 0.29) is 35.5 Å². The third-order valence-electron chi connectivity index (χ3n) is 4.15. The average molecular weight is 475 g/mol. The van der Waals surface area contributed by atoms with Gasteiger partial charge in [0.05, 0.1) is 18.0 Å². The summed E-state index contributed by atoms with van der Waals surface area (Å²) in [6, 6.07) is 4.45. The van der Waals surface area contributed by atoms with Gasteiger partial charge < -0.3 is 25.8 Å². The third kappa shape index (κ3) is 7.89. The fourth-order valence-electron chi connectivity index (χ4n) is 2.70. The van der Waals surface area contributed by atoms with E-state index in [1.54, 1.807) is 18.2 Å². The van der Waals surface area contributed by atoms with E-state index in [4.69, 9.17) is 27.2 Å². The number of carbonyl (C=O) groups is 2. The summed E-state index contributed by atoms with van der Waals surface area (Å²) in [7, 11) is 0. The number of hydrogen-bond acceptors (Lipinski definition) is 5. The lowest BCUT2D eigenvalue weighted by molar-refractivity contribution is -0.158. The topological polar surface area (TPSA) is 117 Å². The van der Waals surface area contributed by atoms with Crippen LogP contribution in [0.25, 0.3) is 0 Å². The molecule has 12 heteroatoms. The van der Waals surface area contributed by atoms with Gasteiger partial charge in [0.2, 0.25) is 0 Å². The van der Waals surface area contributed by atoms with Gasteiger partial charge in [0, 0.05) is 25.4 Å². The predicted molar refractivity (Wildman–Crippen MR) is 112 cm³/mol. The summed E-state index contributed by atoms with van der Waals surface area (Å²) in [6.45, 7) is 0.0275. The number of hydrogen-bond donors (Lipinski definition) is 3. The fourth-order valence-corrected chi connectivity index (χ4v) is 2.88. The maximum atomic E-state index is 13.1. The first-order valence-corrected chi connectivity index (χ1v) is 9.87. The largest absolute Gasteiger partial charge is 0.458 e. The van der Waals surface area contributed by atoms with Crippen LogP contribution in [0.2, 0.25) is 5.02 Å². The summed E-state index contributed by atoms with van der Waals surface area (Å²) in [6.07, 6.45) is -2.33. The number of nitrogens with two attached hydrogens (primary N) is 1. The Hall–Kier alpha value is -3.05. The molecular formula is C20H22ClF3N4O4. The van der Waals surface area contributed by atoms with Gasteiger partial charge in [-0.25, -0.2) is 0 Å². The van der Waals surface area contributed by atoms with Crippen molar-refractivity contribution in [3.05, 3.63) is 53.4 Å². The maximum absolute atomic E-state index is 13.1. The minimum atomic E-state index is -4.74. The summed E-state index contributed by atoms with van der Waals surface area (Å²) in [5.74, 6) is -2.14. The van der Waals surface area contributed by atoms with Crippen molar-refractivity contribution in [1.29, 1.82) is 0 Å². The van der Waals surface area contributed by atoms with Crippen LogP contribution in [0, 0.1) is 0 Å². The Kier molecular flexibility index (Phi) is 9.09. The molecule has 0 saturated heterocycles. The van der Waals surface area contributed by atoms with Gasteiger partial charge in [0.15, 0.2) is 0 Å². The van der Waals surface area contributed by atoms with E-state index in [1.165, 1.54) is 18.3 Å². The minimum absolute atomic E-state index is 0.0257. The molecule has 1 aliphatic heterocycles. The van der Waals surface area contributed by atoms with Crippen molar-refractivity contribution in [3.63, 3.8) is 0 Å². The molecule has 2 rings (SSSR count). The van der Waals surface area contributed by atoms with Crippen LogP contribution in [0.4, 0.5) is 13.2 Å². The third-order valence-corrected chi connectivity index (χ3v) is 4.46. The average Bonchev–Trinajstić information content (AvgIpc) is 3.07. The highest BCUT2D eigenvalue weighted by Gasteiger charge is 2.42. The van der Waals surface area contributed by atoms with E-state index < -0.39 is 30.5 Å². The van der Waals surface area contributed by atoms with Crippen LogP contribution in [0.5, 0.6) is 5.75 Å². The van der Waals surface area contributed by atoms with Gasteiger partial charge in [-0.3, -0.25) is 9.59 Å². The molecule has 4 N–H and O–H groups in total. The SMILES string of the molecule is NC(/C=C\NCCCO)=NC(=O)C(CC(F)(F)F)N1CC(Oc2ccccc2Cl)=CC1=O. The first kappa shape index (κ1) is 25.2. The standard InChI is InChI=1S/C20H22ClF3N4O4/c21-14-4-1-2-5-16(14)32-13-10-18(30)28(12-13)15(11-20(22,23)24)19(31)27-17(25)6-8-26-7-3-9-29/h1-2,4-6,8,10,15,26,29H,3,7,9,11-12H2,(H2,25,27,31)/b8-6-. The van der Waals surface area contributed by atoms with E-state index >= 15 is 0 Å². The van der Waals surface area contributed by atoms with Crippen LogP contribution < -0.4 is 15.8 Å². The Morgan fingerprint density at radius 2 is 2.12 bits per heavy atom. The highest BCUT2D eigenvalue weighted by Crippen LogP contribution is 2.30. The number of nitrogens with one attached hydrogen (secondary N) is 1. The smallest absolute Gasteiger partial charge is 0.391 e. The zero-order chi connectivity index (χ0) is 23.7. The highest BCUT2D eigenvalue weighted by atomic mass is 35.5. The van der Waals surface area contributed by atoms with E-state index in [1.807, 2.05) is 0 Å². The number of aliphatic hydroxyl groups is 1. The Balaban J connectivity index is 2.13. The number of aliphatic imine (C=N–C) groups is 1. The molecule has 0 fully saturated rings. The summed E-state index contributed by atoms with van der Waals surface area (Å²) in [5, 5.41) is 11.7. The maximum Gasteiger partial charge on any atom is 0.391 e. The molecule has 2 amide bonds. The van der Waals surface area contributed by atoms with Crippen molar-refractivity contribution < 1.29 is 32.6 Å². The zero-order valence-electron chi connectivity index (χ0n) is 16.8. The van der Waals surface area contributed by atoms with Crippen LogP contribution in [0.1, 0.15) is 12.8 Å². The molecule has 1 aliphatic rings. The summed E-state index contributed by atoms with van der Waals surface area (Å²) in [5.41, 5.74) is 5.59. The molecule has 32 heavy (non-hydrogen) atoms. The molecule has 0 radical (unpaired) electrons. The Labute approximate surface area is 187 Å². The second kappa shape index (κ2) is 11.5. The van der Waals surface area contributed by atoms with Gasteiger partial charge in [-0.2, -0.15) is 18.2 Å². The molecule has 0 aliphatic carbocycles. The summed E-state index contributed by atoms with van der Waals surface area (Å²) < 4.78 is 44.9. The number of aliphatic hydroxyl groups excluding tert-OH is 1. The minimum Gasteiger partial charge on any atom is -0.458 e. The number of carbonyl (C=O) groups excluding carboxylic acids is 2. The number of nitrogens with zero attached hydrogens (tertiary/aromatic N) is 2.